The van der Waals surface area contributed by atoms with Crippen LogP contribution in [0.15, 0.2) is 12.3 Å². The van der Waals surface area contributed by atoms with Gasteiger partial charge in [0.05, 0.1) is 11.3 Å². The summed E-state index contributed by atoms with van der Waals surface area (Å²) in [6.07, 6.45) is 2.72. The molecule has 13 heavy (non-hydrogen) atoms. The van der Waals surface area contributed by atoms with E-state index < -0.39 is 0 Å². The number of amides is 1. The SMILES string of the molecule is Cc1nccc2c1C(=O)N(C)CC2. The van der Waals surface area contributed by atoms with Crippen LogP contribution in [0.5, 0.6) is 0 Å². The molecule has 0 spiro atoms. The predicted molar refractivity (Wildman–Crippen MR) is 49.6 cm³/mol. The average Bonchev–Trinajstić information content (AvgIpc) is 2.12. The van der Waals surface area contributed by atoms with Crippen LogP contribution in [0.4, 0.5) is 0 Å². The summed E-state index contributed by atoms with van der Waals surface area (Å²) in [6, 6.07) is 1.94. The molecule has 0 aliphatic carbocycles. The minimum absolute atomic E-state index is 0.104. The normalized spacial score (nSPS) is 15.8. The van der Waals surface area contributed by atoms with Crippen molar-refractivity contribution >= 4 is 5.91 Å². The largest absolute Gasteiger partial charge is 0.341 e. The number of hydrogen-bond donors (Lipinski definition) is 0. The van der Waals surface area contributed by atoms with Gasteiger partial charge in [0.25, 0.3) is 5.91 Å². The monoisotopic (exact) mass is 176 g/mol. The number of fused-ring (bicyclic) bond motifs is 1. The van der Waals surface area contributed by atoms with Crippen molar-refractivity contribution in [1.29, 1.82) is 0 Å². The first-order chi connectivity index (χ1) is 6.20. The second-order valence-corrected chi connectivity index (χ2v) is 3.41. The lowest BCUT2D eigenvalue weighted by atomic mass is 9.99. The minimum atomic E-state index is 0.104. The zero-order valence-electron chi connectivity index (χ0n) is 7.87. The van der Waals surface area contributed by atoms with Gasteiger partial charge in [0.1, 0.15) is 0 Å². The van der Waals surface area contributed by atoms with Crippen LogP contribution in [0.1, 0.15) is 21.6 Å². The third-order valence-corrected chi connectivity index (χ3v) is 2.50. The van der Waals surface area contributed by atoms with Crippen molar-refractivity contribution in [2.75, 3.05) is 13.6 Å². The van der Waals surface area contributed by atoms with Gasteiger partial charge in [-0.1, -0.05) is 0 Å². The van der Waals surface area contributed by atoms with E-state index in [0.717, 1.165) is 29.8 Å². The molecule has 0 atom stereocenters. The van der Waals surface area contributed by atoms with Crippen LogP contribution in [0.3, 0.4) is 0 Å². The van der Waals surface area contributed by atoms with Crippen LogP contribution in [0.25, 0.3) is 0 Å². The highest BCUT2D eigenvalue weighted by Gasteiger charge is 2.23. The van der Waals surface area contributed by atoms with Gasteiger partial charge in [0.2, 0.25) is 0 Å². The van der Waals surface area contributed by atoms with Crippen LogP contribution in [0.2, 0.25) is 0 Å². The van der Waals surface area contributed by atoms with E-state index >= 15 is 0 Å². The number of aromatic nitrogens is 1. The Morgan fingerprint density at radius 2 is 2.31 bits per heavy atom. The molecule has 0 N–H and O–H groups in total. The maximum atomic E-state index is 11.7. The van der Waals surface area contributed by atoms with E-state index in [0.29, 0.717) is 0 Å². The Morgan fingerprint density at radius 1 is 1.54 bits per heavy atom. The molecular formula is C10H12N2O. The smallest absolute Gasteiger partial charge is 0.255 e. The summed E-state index contributed by atoms with van der Waals surface area (Å²) in [7, 11) is 1.83. The Morgan fingerprint density at radius 3 is 3.08 bits per heavy atom. The number of carbonyl (C=O) groups excluding carboxylic acids is 1. The molecule has 0 saturated carbocycles. The standard InChI is InChI=1S/C10H12N2O/c1-7-9-8(3-5-11-7)4-6-12(2)10(9)13/h3,5H,4,6H2,1-2H3. The fourth-order valence-corrected chi connectivity index (χ4v) is 1.70. The molecule has 1 amide bonds. The molecule has 68 valence electrons. The Balaban J connectivity index is 2.57. The molecule has 1 aliphatic heterocycles. The first-order valence-corrected chi connectivity index (χ1v) is 4.40. The van der Waals surface area contributed by atoms with Gasteiger partial charge in [-0.15, -0.1) is 0 Å². The molecule has 2 heterocycles. The zero-order chi connectivity index (χ0) is 9.42. The third-order valence-electron chi connectivity index (χ3n) is 2.50. The van der Waals surface area contributed by atoms with E-state index in [-0.39, 0.29) is 5.91 Å². The van der Waals surface area contributed by atoms with Gasteiger partial charge >= 0.3 is 0 Å². The average molecular weight is 176 g/mol. The minimum Gasteiger partial charge on any atom is -0.341 e. The van der Waals surface area contributed by atoms with Gasteiger partial charge in [0.15, 0.2) is 0 Å². The molecule has 1 aromatic heterocycles. The van der Waals surface area contributed by atoms with Gasteiger partial charge in [0, 0.05) is 19.8 Å². The molecule has 1 aliphatic rings. The third kappa shape index (κ3) is 1.20. The molecule has 0 aromatic carbocycles. The van der Waals surface area contributed by atoms with Gasteiger partial charge in [-0.2, -0.15) is 0 Å². The summed E-state index contributed by atoms with van der Waals surface area (Å²) in [5, 5.41) is 0. The number of carbonyl (C=O) groups is 1. The Kier molecular flexibility index (Phi) is 1.79. The molecule has 0 bridgehead atoms. The van der Waals surface area contributed by atoms with E-state index in [4.69, 9.17) is 0 Å². The van der Waals surface area contributed by atoms with Crippen LogP contribution < -0.4 is 0 Å². The summed E-state index contributed by atoms with van der Waals surface area (Å²) in [5.41, 5.74) is 2.78. The van der Waals surface area contributed by atoms with Gasteiger partial charge in [-0.3, -0.25) is 9.78 Å². The van der Waals surface area contributed by atoms with Crippen molar-refractivity contribution < 1.29 is 4.79 Å². The quantitative estimate of drug-likeness (QED) is 0.591. The highest BCUT2D eigenvalue weighted by molar-refractivity contribution is 5.97. The topological polar surface area (TPSA) is 33.2 Å². The number of rotatable bonds is 0. The molecule has 2 rings (SSSR count). The van der Waals surface area contributed by atoms with Crippen molar-refractivity contribution in [3.05, 3.63) is 29.1 Å². The molecule has 0 unspecified atom stereocenters. The van der Waals surface area contributed by atoms with Crippen LogP contribution in [-0.2, 0) is 6.42 Å². The zero-order valence-corrected chi connectivity index (χ0v) is 7.87. The summed E-state index contributed by atoms with van der Waals surface area (Å²) < 4.78 is 0. The van der Waals surface area contributed by atoms with Gasteiger partial charge < -0.3 is 4.90 Å². The molecule has 1 aromatic rings. The van der Waals surface area contributed by atoms with Crippen molar-refractivity contribution in [3.63, 3.8) is 0 Å². The van der Waals surface area contributed by atoms with Crippen LogP contribution >= 0.6 is 0 Å². The van der Waals surface area contributed by atoms with E-state index in [1.54, 1.807) is 11.1 Å². The first kappa shape index (κ1) is 8.23. The maximum absolute atomic E-state index is 11.7. The number of nitrogens with zero attached hydrogens (tertiary/aromatic N) is 2. The fraction of sp³-hybridized carbons (Fsp3) is 0.400. The van der Waals surface area contributed by atoms with Crippen LogP contribution in [-0.4, -0.2) is 29.4 Å². The molecular weight excluding hydrogens is 164 g/mol. The molecule has 0 saturated heterocycles. The summed E-state index contributed by atoms with van der Waals surface area (Å²) in [4.78, 5) is 17.6. The van der Waals surface area contributed by atoms with E-state index in [1.165, 1.54) is 0 Å². The predicted octanol–water partition coefficient (Wildman–Crippen LogP) is 1.02. The van der Waals surface area contributed by atoms with Crippen LogP contribution in [0, 0.1) is 6.92 Å². The van der Waals surface area contributed by atoms with Crippen molar-refractivity contribution in [2.24, 2.45) is 0 Å². The van der Waals surface area contributed by atoms with E-state index in [1.807, 2.05) is 20.0 Å². The summed E-state index contributed by atoms with van der Waals surface area (Å²) in [5.74, 6) is 0.104. The summed E-state index contributed by atoms with van der Waals surface area (Å²) >= 11 is 0. The molecule has 3 nitrogen and oxygen atoms in total. The maximum Gasteiger partial charge on any atom is 0.255 e. The van der Waals surface area contributed by atoms with E-state index in [2.05, 4.69) is 4.98 Å². The second kappa shape index (κ2) is 2.83. The van der Waals surface area contributed by atoms with E-state index in [9.17, 15) is 4.79 Å². The lowest BCUT2D eigenvalue weighted by Crippen LogP contribution is -2.34. The Bertz CT molecular complexity index is 360. The number of aryl methyl sites for hydroxylation is 1. The van der Waals surface area contributed by atoms with Gasteiger partial charge in [-0.25, -0.2) is 0 Å². The number of pyridine rings is 1. The number of hydrogen-bond acceptors (Lipinski definition) is 2. The number of likely N-dealkylation sites (N-methyl/N-ethyl adjacent to an activating group) is 1. The molecule has 3 heteroatoms. The van der Waals surface area contributed by atoms with Crippen molar-refractivity contribution in [1.82, 2.24) is 9.88 Å². The highest BCUT2D eigenvalue weighted by Crippen LogP contribution is 2.19. The van der Waals surface area contributed by atoms with Gasteiger partial charge in [-0.05, 0) is 25.0 Å². The lowest BCUT2D eigenvalue weighted by Gasteiger charge is -2.25. The van der Waals surface area contributed by atoms with Crippen molar-refractivity contribution in [3.8, 4) is 0 Å². The Hall–Kier alpha value is -1.38. The highest BCUT2D eigenvalue weighted by atomic mass is 16.2. The lowest BCUT2D eigenvalue weighted by molar-refractivity contribution is 0.0779. The molecule has 0 fully saturated rings. The van der Waals surface area contributed by atoms with Crippen molar-refractivity contribution in [2.45, 2.75) is 13.3 Å². The Labute approximate surface area is 77.4 Å². The molecule has 0 radical (unpaired) electrons. The summed E-state index contributed by atoms with van der Waals surface area (Å²) in [6.45, 7) is 2.70. The fourth-order valence-electron chi connectivity index (χ4n) is 1.70. The first-order valence-electron chi connectivity index (χ1n) is 4.40. The second-order valence-electron chi connectivity index (χ2n) is 3.41.